The zero-order chi connectivity index (χ0) is 19.4. The number of aromatic amines is 1. The average molecular weight is 373 g/mol. The van der Waals surface area contributed by atoms with E-state index in [0.29, 0.717) is 42.9 Å². The molecule has 142 valence electrons. The molecule has 0 radical (unpaired) electrons. The number of nitrogens with zero attached hydrogens (tertiary/aromatic N) is 1. The number of amides is 1. The second-order valence-corrected chi connectivity index (χ2v) is 6.05. The number of nitrogens with one attached hydrogen (secondary N) is 2. The molecule has 0 saturated carbocycles. The predicted octanol–water partition coefficient (Wildman–Crippen LogP) is 1.21. The van der Waals surface area contributed by atoms with E-state index in [4.69, 9.17) is 9.84 Å². The van der Waals surface area contributed by atoms with Crippen LogP contribution in [0.3, 0.4) is 0 Å². The number of carboxylic acid groups (broad SMARTS) is 2. The zero-order valence-electron chi connectivity index (χ0n) is 14.3. The van der Waals surface area contributed by atoms with Gasteiger partial charge in [0, 0.05) is 53.6 Å². The summed E-state index contributed by atoms with van der Waals surface area (Å²) in [6.07, 6.45) is 3.32. The molecule has 1 atom stereocenters. The van der Waals surface area contributed by atoms with Crippen LogP contribution in [-0.2, 0) is 19.1 Å². The highest BCUT2D eigenvalue weighted by molar-refractivity contribution is 6.03. The maximum absolute atomic E-state index is 11.9. The van der Waals surface area contributed by atoms with Crippen molar-refractivity contribution in [2.75, 3.05) is 31.6 Å². The second kappa shape index (κ2) is 8.02. The smallest absolute Gasteiger partial charge is 0.328 e. The third kappa shape index (κ3) is 4.33. The van der Waals surface area contributed by atoms with Crippen LogP contribution >= 0.6 is 0 Å². The van der Waals surface area contributed by atoms with Crippen molar-refractivity contribution in [1.82, 2.24) is 9.88 Å². The number of rotatable bonds is 6. The summed E-state index contributed by atoms with van der Waals surface area (Å²) < 4.78 is 5.30. The number of ether oxygens (including phenoxy) is 1. The highest BCUT2D eigenvalue weighted by atomic mass is 16.5. The number of morpholine rings is 1. The molecule has 1 unspecified atom stereocenters. The van der Waals surface area contributed by atoms with Crippen molar-refractivity contribution in [2.24, 2.45) is 0 Å². The van der Waals surface area contributed by atoms with Crippen molar-refractivity contribution in [3.05, 3.63) is 42.1 Å². The molecule has 2 heterocycles. The highest BCUT2D eigenvalue weighted by Crippen LogP contribution is 2.31. The lowest BCUT2D eigenvalue weighted by Gasteiger charge is -2.31. The Morgan fingerprint density at radius 3 is 2.59 bits per heavy atom. The Hall–Kier alpha value is -3.17. The number of benzene rings is 1. The molecule has 1 aromatic carbocycles. The molecule has 1 aliphatic rings. The van der Waals surface area contributed by atoms with Gasteiger partial charge in [0.05, 0.1) is 13.2 Å². The van der Waals surface area contributed by atoms with Crippen LogP contribution in [0.2, 0.25) is 0 Å². The van der Waals surface area contributed by atoms with E-state index in [9.17, 15) is 19.5 Å². The van der Waals surface area contributed by atoms with Crippen LogP contribution in [0.25, 0.3) is 10.9 Å². The van der Waals surface area contributed by atoms with Crippen molar-refractivity contribution < 1.29 is 29.3 Å². The van der Waals surface area contributed by atoms with Crippen molar-refractivity contribution >= 4 is 34.4 Å². The first-order chi connectivity index (χ1) is 13.0. The molecule has 0 bridgehead atoms. The van der Waals surface area contributed by atoms with Gasteiger partial charge in [-0.3, -0.25) is 14.5 Å². The fourth-order valence-corrected chi connectivity index (χ4v) is 3.10. The standard InChI is InChI=1S/C18H19N3O6/c22-15(3-4-16(23)24)20-11-1-2-14-12(9-11)13(10-19-14)17(18(25)26)21-5-7-27-8-6-21/h1-4,9-10,17,19H,5-8H2,(H,20,22)(H,23,24)(H,25,26)/b4-3+. The second-order valence-electron chi connectivity index (χ2n) is 6.05. The van der Waals surface area contributed by atoms with Crippen LogP contribution in [-0.4, -0.2) is 64.2 Å². The number of anilines is 1. The van der Waals surface area contributed by atoms with Gasteiger partial charge in [0.25, 0.3) is 0 Å². The van der Waals surface area contributed by atoms with Gasteiger partial charge in [0.2, 0.25) is 5.91 Å². The number of aliphatic carboxylic acids is 2. The largest absolute Gasteiger partial charge is 0.480 e. The fraction of sp³-hybridized carbons (Fsp3) is 0.278. The Bertz CT molecular complexity index is 898. The van der Waals surface area contributed by atoms with Crippen molar-refractivity contribution in [1.29, 1.82) is 0 Å². The molecule has 9 heteroatoms. The molecule has 9 nitrogen and oxygen atoms in total. The molecule has 3 rings (SSSR count). The van der Waals surface area contributed by atoms with Gasteiger partial charge in [-0.25, -0.2) is 4.79 Å². The molecule has 1 aliphatic heterocycles. The lowest BCUT2D eigenvalue weighted by atomic mass is 10.0. The predicted molar refractivity (Wildman–Crippen MR) is 96.5 cm³/mol. The average Bonchev–Trinajstić information content (AvgIpc) is 3.04. The van der Waals surface area contributed by atoms with Gasteiger partial charge >= 0.3 is 11.9 Å². The van der Waals surface area contributed by atoms with E-state index in [0.717, 1.165) is 17.7 Å². The van der Waals surface area contributed by atoms with Gasteiger partial charge in [-0.05, 0) is 18.2 Å². The minimum Gasteiger partial charge on any atom is -0.480 e. The molecule has 0 spiro atoms. The van der Waals surface area contributed by atoms with Crippen molar-refractivity contribution in [3.63, 3.8) is 0 Å². The van der Waals surface area contributed by atoms with Crippen LogP contribution < -0.4 is 5.32 Å². The van der Waals surface area contributed by atoms with Crippen molar-refractivity contribution in [3.8, 4) is 0 Å². The molecule has 1 saturated heterocycles. The van der Waals surface area contributed by atoms with Gasteiger partial charge in [-0.15, -0.1) is 0 Å². The van der Waals surface area contributed by atoms with Crippen LogP contribution in [0.15, 0.2) is 36.5 Å². The topological polar surface area (TPSA) is 132 Å². The summed E-state index contributed by atoms with van der Waals surface area (Å²) in [4.78, 5) is 39.1. The first kappa shape index (κ1) is 18.6. The van der Waals surface area contributed by atoms with Gasteiger partial charge in [-0.1, -0.05) is 0 Å². The third-order valence-electron chi connectivity index (χ3n) is 4.30. The van der Waals surface area contributed by atoms with E-state index >= 15 is 0 Å². The van der Waals surface area contributed by atoms with Gasteiger partial charge in [-0.2, -0.15) is 0 Å². The Labute approximate surface area is 154 Å². The van der Waals surface area contributed by atoms with Gasteiger partial charge < -0.3 is 25.3 Å². The maximum Gasteiger partial charge on any atom is 0.328 e. The molecular formula is C18H19N3O6. The Morgan fingerprint density at radius 2 is 1.93 bits per heavy atom. The molecule has 1 aromatic heterocycles. The van der Waals surface area contributed by atoms with Gasteiger partial charge in [0.15, 0.2) is 0 Å². The van der Waals surface area contributed by atoms with E-state index in [1.165, 1.54) is 0 Å². The molecular weight excluding hydrogens is 354 g/mol. The number of hydrogen-bond donors (Lipinski definition) is 4. The summed E-state index contributed by atoms with van der Waals surface area (Å²) in [6, 6.07) is 4.22. The summed E-state index contributed by atoms with van der Waals surface area (Å²) >= 11 is 0. The fourth-order valence-electron chi connectivity index (χ4n) is 3.10. The number of H-pyrrole nitrogens is 1. The number of fused-ring (bicyclic) bond motifs is 1. The van der Waals surface area contributed by atoms with E-state index in [1.54, 1.807) is 24.4 Å². The van der Waals surface area contributed by atoms with Crippen LogP contribution in [0.4, 0.5) is 5.69 Å². The zero-order valence-corrected chi connectivity index (χ0v) is 14.3. The summed E-state index contributed by atoms with van der Waals surface area (Å²) in [5.41, 5.74) is 1.77. The van der Waals surface area contributed by atoms with E-state index < -0.39 is 23.9 Å². The van der Waals surface area contributed by atoms with Crippen LogP contribution in [0.5, 0.6) is 0 Å². The first-order valence-electron chi connectivity index (χ1n) is 8.33. The summed E-state index contributed by atoms with van der Waals surface area (Å²) in [6.45, 7) is 1.98. The van der Waals surface area contributed by atoms with Crippen molar-refractivity contribution in [2.45, 2.75) is 6.04 Å². The van der Waals surface area contributed by atoms with Gasteiger partial charge in [0.1, 0.15) is 6.04 Å². The summed E-state index contributed by atoms with van der Waals surface area (Å²) in [5.74, 6) is -2.77. The summed E-state index contributed by atoms with van der Waals surface area (Å²) in [5, 5.41) is 21.6. The Kier molecular flexibility index (Phi) is 5.53. The summed E-state index contributed by atoms with van der Waals surface area (Å²) in [7, 11) is 0. The minimum atomic E-state index is -1.22. The molecule has 1 fully saturated rings. The Morgan fingerprint density at radius 1 is 1.19 bits per heavy atom. The highest BCUT2D eigenvalue weighted by Gasteiger charge is 2.30. The molecule has 1 amide bonds. The number of aromatic nitrogens is 1. The molecule has 4 N–H and O–H groups in total. The van der Waals surface area contributed by atoms with E-state index in [1.807, 2.05) is 4.90 Å². The first-order valence-corrected chi connectivity index (χ1v) is 8.33. The number of carbonyl (C=O) groups excluding carboxylic acids is 1. The quantitative estimate of drug-likeness (QED) is 0.560. The lowest BCUT2D eigenvalue weighted by Crippen LogP contribution is -2.42. The monoisotopic (exact) mass is 373 g/mol. The van der Waals surface area contributed by atoms with Crippen LogP contribution in [0, 0.1) is 0 Å². The SMILES string of the molecule is O=C(O)/C=C/C(=O)Nc1ccc2[nH]cc(C(C(=O)O)N3CCOCC3)c2c1. The van der Waals surface area contributed by atoms with E-state index in [-0.39, 0.29) is 0 Å². The third-order valence-corrected chi connectivity index (χ3v) is 4.30. The lowest BCUT2D eigenvalue weighted by molar-refractivity contribution is -0.145. The number of carbonyl (C=O) groups is 3. The molecule has 2 aromatic rings. The number of carboxylic acids is 2. The molecule has 27 heavy (non-hydrogen) atoms. The number of hydrogen-bond acceptors (Lipinski definition) is 5. The van der Waals surface area contributed by atoms with E-state index in [2.05, 4.69) is 10.3 Å². The molecule has 0 aliphatic carbocycles. The minimum absolute atomic E-state index is 0.439. The normalized spacial score (nSPS) is 16.4. The Balaban J connectivity index is 1.90. The maximum atomic E-state index is 11.9. The van der Waals surface area contributed by atoms with Crippen LogP contribution in [0.1, 0.15) is 11.6 Å².